The first-order valence-corrected chi connectivity index (χ1v) is 13.8. The molecule has 1 unspecified atom stereocenters. The molecule has 0 aromatic heterocycles. The lowest BCUT2D eigenvalue weighted by Crippen LogP contribution is -2.12. The van der Waals surface area contributed by atoms with Gasteiger partial charge in [-0.15, -0.1) is 0 Å². The van der Waals surface area contributed by atoms with Crippen molar-refractivity contribution in [3.63, 3.8) is 0 Å². The zero-order chi connectivity index (χ0) is 26.0. The van der Waals surface area contributed by atoms with Crippen LogP contribution in [0.25, 0.3) is 0 Å². The molecule has 0 radical (unpaired) electrons. The standard InChI is InChI=1S/C31H44O5/c1-4-6-8-10-11-12-14-16-30(32)35-28-19-17-26(18-20-28)31(33)36-29-23-21-27(22-24-29)34-25(3)15-13-9-7-5-2/h17-25H,4-16H2,1-3H3. The second-order valence-corrected chi connectivity index (χ2v) is 9.51. The molecule has 0 amide bonds. The molecule has 2 aromatic carbocycles. The fraction of sp³-hybridized carbons (Fsp3) is 0.548. The lowest BCUT2D eigenvalue weighted by atomic mass is 10.1. The van der Waals surface area contributed by atoms with Crippen LogP contribution in [-0.4, -0.2) is 18.0 Å². The van der Waals surface area contributed by atoms with E-state index in [-0.39, 0.29) is 12.1 Å². The molecule has 0 heterocycles. The van der Waals surface area contributed by atoms with Crippen molar-refractivity contribution in [1.29, 1.82) is 0 Å². The monoisotopic (exact) mass is 496 g/mol. The van der Waals surface area contributed by atoms with Crippen molar-refractivity contribution in [3.05, 3.63) is 54.1 Å². The minimum atomic E-state index is -0.464. The normalized spacial score (nSPS) is 11.6. The first-order chi connectivity index (χ1) is 17.5. The van der Waals surface area contributed by atoms with Gasteiger partial charge >= 0.3 is 11.9 Å². The molecule has 0 bridgehead atoms. The summed E-state index contributed by atoms with van der Waals surface area (Å²) in [7, 11) is 0. The van der Waals surface area contributed by atoms with E-state index in [0.717, 1.165) is 31.4 Å². The van der Waals surface area contributed by atoms with E-state index in [9.17, 15) is 9.59 Å². The van der Waals surface area contributed by atoms with Gasteiger partial charge in [-0.3, -0.25) is 4.79 Å². The Hall–Kier alpha value is -2.82. The molecule has 0 spiro atoms. The fourth-order valence-electron chi connectivity index (χ4n) is 3.97. The van der Waals surface area contributed by atoms with Crippen LogP contribution >= 0.6 is 0 Å². The molecular weight excluding hydrogens is 452 g/mol. The maximum absolute atomic E-state index is 12.5. The second kappa shape index (κ2) is 17.6. The van der Waals surface area contributed by atoms with Crippen molar-refractivity contribution in [2.45, 2.75) is 110 Å². The van der Waals surface area contributed by atoms with Crippen LogP contribution in [0.15, 0.2) is 48.5 Å². The molecule has 0 N–H and O–H groups in total. The first kappa shape index (κ1) is 29.4. The predicted octanol–water partition coefficient (Wildman–Crippen LogP) is 8.69. The average molecular weight is 497 g/mol. The van der Waals surface area contributed by atoms with Gasteiger partial charge in [-0.25, -0.2) is 4.79 Å². The van der Waals surface area contributed by atoms with Gasteiger partial charge in [0.15, 0.2) is 0 Å². The molecular formula is C31H44O5. The van der Waals surface area contributed by atoms with Crippen LogP contribution in [0.4, 0.5) is 0 Å². The fourth-order valence-corrected chi connectivity index (χ4v) is 3.97. The van der Waals surface area contributed by atoms with Gasteiger partial charge in [-0.1, -0.05) is 71.6 Å². The van der Waals surface area contributed by atoms with Crippen LogP contribution in [0.1, 0.15) is 115 Å². The summed E-state index contributed by atoms with van der Waals surface area (Å²) in [5.74, 6) is 0.948. The maximum Gasteiger partial charge on any atom is 0.343 e. The summed E-state index contributed by atoms with van der Waals surface area (Å²) in [4.78, 5) is 24.5. The number of hydrogen-bond donors (Lipinski definition) is 0. The molecule has 198 valence electrons. The van der Waals surface area contributed by atoms with Gasteiger partial charge in [0.05, 0.1) is 11.7 Å². The maximum atomic E-state index is 12.5. The van der Waals surface area contributed by atoms with Gasteiger partial charge < -0.3 is 14.2 Å². The summed E-state index contributed by atoms with van der Waals surface area (Å²) in [6.07, 6.45) is 14.6. The van der Waals surface area contributed by atoms with Gasteiger partial charge in [-0.05, 0) is 74.7 Å². The SMILES string of the molecule is CCCCCCCCCC(=O)Oc1ccc(C(=O)Oc2ccc(OC(C)CCCCCC)cc2)cc1. The van der Waals surface area contributed by atoms with Crippen LogP contribution in [0.2, 0.25) is 0 Å². The van der Waals surface area contributed by atoms with Crippen molar-refractivity contribution >= 4 is 11.9 Å². The highest BCUT2D eigenvalue weighted by Crippen LogP contribution is 2.22. The third-order valence-electron chi connectivity index (χ3n) is 6.14. The van der Waals surface area contributed by atoms with E-state index in [1.165, 1.54) is 51.4 Å². The number of carbonyl (C=O) groups is 2. The van der Waals surface area contributed by atoms with Crippen LogP contribution < -0.4 is 14.2 Å². The quantitative estimate of drug-likeness (QED) is 0.117. The molecule has 1 atom stereocenters. The highest BCUT2D eigenvalue weighted by atomic mass is 16.5. The number of unbranched alkanes of at least 4 members (excludes halogenated alkanes) is 9. The molecule has 0 saturated heterocycles. The van der Waals surface area contributed by atoms with Crippen molar-refractivity contribution in [2.75, 3.05) is 0 Å². The van der Waals surface area contributed by atoms with Gasteiger partial charge in [0.1, 0.15) is 17.2 Å². The highest BCUT2D eigenvalue weighted by Gasteiger charge is 2.11. The number of esters is 2. The third kappa shape index (κ3) is 12.2. The van der Waals surface area contributed by atoms with Crippen molar-refractivity contribution in [1.82, 2.24) is 0 Å². The molecule has 2 aromatic rings. The summed E-state index contributed by atoms with van der Waals surface area (Å²) in [6.45, 7) is 6.49. The van der Waals surface area contributed by atoms with E-state index >= 15 is 0 Å². The summed E-state index contributed by atoms with van der Waals surface area (Å²) in [5, 5.41) is 0. The number of ether oxygens (including phenoxy) is 3. The molecule has 0 saturated carbocycles. The van der Waals surface area contributed by atoms with Crippen molar-refractivity contribution in [2.24, 2.45) is 0 Å². The van der Waals surface area contributed by atoms with Gasteiger partial charge in [0.25, 0.3) is 0 Å². The van der Waals surface area contributed by atoms with Crippen LogP contribution in [0.3, 0.4) is 0 Å². The Morgan fingerprint density at radius 3 is 1.78 bits per heavy atom. The van der Waals surface area contributed by atoms with E-state index in [0.29, 0.717) is 23.5 Å². The Morgan fingerprint density at radius 1 is 0.639 bits per heavy atom. The Balaban J connectivity index is 1.71. The second-order valence-electron chi connectivity index (χ2n) is 9.51. The van der Waals surface area contributed by atoms with Crippen LogP contribution in [-0.2, 0) is 4.79 Å². The Labute approximate surface area is 217 Å². The lowest BCUT2D eigenvalue weighted by molar-refractivity contribution is -0.134. The Morgan fingerprint density at radius 2 is 1.14 bits per heavy atom. The smallest absolute Gasteiger partial charge is 0.343 e. The third-order valence-corrected chi connectivity index (χ3v) is 6.14. The van der Waals surface area contributed by atoms with E-state index in [1.54, 1.807) is 36.4 Å². The summed E-state index contributed by atoms with van der Waals surface area (Å²) in [6, 6.07) is 13.6. The Kier molecular flexibility index (Phi) is 14.4. The van der Waals surface area contributed by atoms with Crippen LogP contribution in [0, 0.1) is 0 Å². The minimum Gasteiger partial charge on any atom is -0.491 e. The largest absolute Gasteiger partial charge is 0.491 e. The summed E-state index contributed by atoms with van der Waals surface area (Å²) < 4.78 is 16.8. The molecule has 0 fully saturated rings. The van der Waals surface area contributed by atoms with Crippen LogP contribution in [0.5, 0.6) is 17.2 Å². The molecule has 36 heavy (non-hydrogen) atoms. The van der Waals surface area contributed by atoms with Gasteiger partial charge in [0.2, 0.25) is 0 Å². The topological polar surface area (TPSA) is 61.8 Å². The van der Waals surface area contributed by atoms with Crippen molar-refractivity contribution < 1.29 is 23.8 Å². The molecule has 0 aliphatic carbocycles. The Bertz CT molecular complexity index is 873. The number of hydrogen-bond acceptors (Lipinski definition) is 5. The zero-order valence-electron chi connectivity index (χ0n) is 22.4. The summed E-state index contributed by atoms with van der Waals surface area (Å²) in [5.41, 5.74) is 0.392. The lowest BCUT2D eigenvalue weighted by Gasteiger charge is -2.15. The molecule has 0 aliphatic heterocycles. The van der Waals surface area contributed by atoms with Crippen molar-refractivity contribution in [3.8, 4) is 17.2 Å². The predicted molar refractivity (Wildman–Crippen MR) is 145 cm³/mol. The minimum absolute atomic E-state index is 0.151. The number of carbonyl (C=O) groups excluding carboxylic acids is 2. The molecule has 5 heteroatoms. The average Bonchev–Trinajstić information content (AvgIpc) is 2.87. The van der Waals surface area contributed by atoms with E-state index < -0.39 is 5.97 Å². The van der Waals surface area contributed by atoms with E-state index in [2.05, 4.69) is 20.8 Å². The molecule has 5 nitrogen and oxygen atoms in total. The van der Waals surface area contributed by atoms with E-state index in [4.69, 9.17) is 14.2 Å². The molecule has 0 aliphatic rings. The highest BCUT2D eigenvalue weighted by molar-refractivity contribution is 5.91. The molecule has 2 rings (SSSR count). The van der Waals surface area contributed by atoms with Gasteiger partial charge in [-0.2, -0.15) is 0 Å². The number of rotatable bonds is 18. The number of benzene rings is 2. The zero-order valence-corrected chi connectivity index (χ0v) is 22.4. The van der Waals surface area contributed by atoms with Gasteiger partial charge in [0, 0.05) is 6.42 Å². The first-order valence-electron chi connectivity index (χ1n) is 13.8. The van der Waals surface area contributed by atoms with E-state index in [1.807, 2.05) is 12.1 Å². The summed E-state index contributed by atoms with van der Waals surface area (Å²) >= 11 is 0.